The first-order valence-corrected chi connectivity index (χ1v) is 6.70. The number of carbonyl (C=O) groups is 1. The van der Waals surface area contributed by atoms with E-state index in [4.69, 9.17) is 5.11 Å². The zero-order valence-electron chi connectivity index (χ0n) is 11.4. The molecule has 0 aromatic heterocycles. The molecule has 0 radical (unpaired) electrons. The SMILES string of the molecule is CCCN1CC(CCC(=O)O)N(C)CCC1C. The molecule has 1 N–H and O–H groups in total. The molecule has 0 bridgehead atoms. The number of hydrogen-bond acceptors (Lipinski definition) is 3. The lowest BCUT2D eigenvalue weighted by Gasteiger charge is -2.30. The van der Waals surface area contributed by atoms with Crippen molar-refractivity contribution in [1.82, 2.24) is 9.80 Å². The first kappa shape index (κ1) is 14.5. The van der Waals surface area contributed by atoms with Crippen LogP contribution in [0.1, 0.15) is 39.5 Å². The van der Waals surface area contributed by atoms with Gasteiger partial charge in [0.1, 0.15) is 0 Å². The highest BCUT2D eigenvalue weighted by molar-refractivity contribution is 5.66. The van der Waals surface area contributed by atoms with Crippen LogP contribution in [0.25, 0.3) is 0 Å². The van der Waals surface area contributed by atoms with Crippen LogP contribution in [0.15, 0.2) is 0 Å². The molecule has 1 heterocycles. The van der Waals surface area contributed by atoms with Gasteiger partial charge in [0.05, 0.1) is 0 Å². The van der Waals surface area contributed by atoms with Gasteiger partial charge in [-0.1, -0.05) is 6.92 Å². The fourth-order valence-corrected chi connectivity index (χ4v) is 2.55. The summed E-state index contributed by atoms with van der Waals surface area (Å²) in [6.45, 7) is 7.69. The predicted molar refractivity (Wildman–Crippen MR) is 69.2 cm³/mol. The van der Waals surface area contributed by atoms with E-state index in [0.717, 1.165) is 26.1 Å². The minimum absolute atomic E-state index is 0.281. The molecule has 1 saturated heterocycles. The van der Waals surface area contributed by atoms with Crippen molar-refractivity contribution in [2.75, 3.05) is 26.7 Å². The van der Waals surface area contributed by atoms with Gasteiger partial charge in [0.25, 0.3) is 0 Å². The van der Waals surface area contributed by atoms with Gasteiger partial charge in [0.15, 0.2) is 0 Å². The van der Waals surface area contributed by atoms with Gasteiger partial charge >= 0.3 is 5.97 Å². The van der Waals surface area contributed by atoms with E-state index in [1.807, 2.05) is 0 Å². The molecule has 1 rings (SSSR count). The Hall–Kier alpha value is -0.610. The van der Waals surface area contributed by atoms with Crippen molar-refractivity contribution in [1.29, 1.82) is 0 Å². The molecule has 4 heteroatoms. The van der Waals surface area contributed by atoms with Gasteiger partial charge in [-0.25, -0.2) is 0 Å². The summed E-state index contributed by atoms with van der Waals surface area (Å²) < 4.78 is 0. The molecular weight excluding hydrogens is 216 g/mol. The summed E-state index contributed by atoms with van der Waals surface area (Å²) in [6, 6.07) is 1.01. The fourth-order valence-electron chi connectivity index (χ4n) is 2.55. The van der Waals surface area contributed by atoms with Crippen molar-refractivity contribution < 1.29 is 9.90 Å². The summed E-state index contributed by atoms with van der Waals surface area (Å²) in [5, 5.41) is 8.79. The standard InChI is InChI=1S/C13H26N2O2/c1-4-8-15-10-12(5-6-13(16)17)14(3)9-7-11(15)2/h11-12H,4-10H2,1-3H3,(H,16,17). The van der Waals surface area contributed by atoms with Crippen molar-refractivity contribution in [3.05, 3.63) is 0 Å². The van der Waals surface area contributed by atoms with Gasteiger partial charge in [-0.3, -0.25) is 9.69 Å². The molecule has 4 nitrogen and oxygen atoms in total. The zero-order chi connectivity index (χ0) is 12.8. The van der Waals surface area contributed by atoms with Crippen molar-refractivity contribution in [2.24, 2.45) is 0 Å². The highest BCUT2D eigenvalue weighted by Gasteiger charge is 2.26. The number of nitrogens with zero attached hydrogens (tertiary/aromatic N) is 2. The van der Waals surface area contributed by atoms with Crippen LogP contribution in [0.5, 0.6) is 0 Å². The monoisotopic (exact) mass is 242 g/mol. The van der Waals surface area contributed by atoms with E-state index in [2.05, 4.69) is 30.7 Å². The molecule has 0 saturated carbocycles. The second-order valence-corrected chi connectivity index (χ2v) is 5.20. The van der Waals surface area contributed by atoms with Gasteiger partial charge in [-0.15, -0.1) is 0 Å². The van der Waals surface area contributed by atoms with Crippen molar-refractivity contribution in [2.45, 2.75) is 51.6 Å². The lowest BCUT2D eigenvalue weighted by molar-refractivity contribution is -0.137. The molecule has 1 aliphatic rings. The minimum atomic E-state index is -0.683. The maximum atomic E-state index is 10.7. The van der Waals surface area contributed by atoms with Gasteiger partial charge < -0.3 is 10.0 Å². The second kappa shape index (κ2) is 6.97. The largest absolute Gasteiger partial charge is 0.481 e. The Labute approximate surface area is 105 Å². The van der Waals surface area contributed by atoms with E-state index in [-0.39, 0.29) is 6.42 Å². The molecule has 2 atom stereocenters. The molecule has 0 aromatic rings. The molecular formula is C13H26N2O2. The fraction of sp³-hybridized carbons (Fsp3) is 0.923. The second-order valence-electron chi connectivity index (χ2n) is 5.20. The number of hydrogen-bond donors (Lipinski definition) is 1. The number of aliphatic carboxylic acids is 1. The van der Waals surface area contributed by atoms with Crippen LogP contribution in [0.2, 0.25) is 0 Å². The molecule has 0 aromatic carbocycles. The summed E-state index contributed by atoms with van der Waals surface area (Å²) in [4.78, 5) is 15.5. The van der Waals surface area contributed by atoms with E-state index in [0.29, 0.717) is 12.1 Å². The summed E-state index contributed by atoms with van der Waals surface area (Å²) in [5.41, 5.74) is 0. The lowest BCUT2D eigenvalue weighted by atomic mass is 10.1. The van der Waals surface area contributed by atoms with Crippen LogP contribution >= 0.6 is 0 Å². The molecule has 2 unspecified atom stereocenters. The van der Waals surface area contributed by atoms with Crippen molar-refractivity contribution in [3.63, 3.8) is 0 Å². The summed E-state index contributed by atoms with van der Waals surface area (Å²) in [7, 11) is 2.12. The minimum Gasteiger partial charge on any atom is -0.481 e. The van der Waals surface area contributed by atoms with Gasteiger partial charge in [0, 0.05) is 25.0 Å². The van der Waals surface area contributed by atoms with E-state index in [1.165, 1.54) is 12.8 Å². The molecule has 100 valence electrons. The molecule has 17 heavy (non-hydrogen) atoms. The van der Waals surface area contributed by atoms with E-state index in [9.17, 15) is 4.79 Å². The van der Waals surface area contributed by atoms with Crippen molar-refractivity contribution in [3.8, 4) is 0 Å². The topological polar surface area (TPSA) is 43.8 Å². The van der Waals surface area contributed by atoms with Gasteiger partial charge in [-0.2, -0.15) is 0 Å². The Bertz CT molecular complexity index is 246. The Morgan fingerprint density at radius 1 is 1.47 bits per heavy atom. The first-order chi connectivity index (χ1) is 8.04. The summed E-state index contributed by atoms with van der Waals surface area (Å²) in [5.74, 6) is -0.683. The summed E-state index contributed by atoms with van der Waals surface area (Å²) >= 11 is 0. The zero-order valence-corrected chi connectivity index (χ0v) is 11.4. The van der Waals surface area contributed by atoms with E-state index >= 15 is 0 Å². The third-order valence-electron chi connectivity index (χ3n) is 3.79. The Kier molecular flexibility index (Phi) is 5.92. The average molecular weight is 242 g/mol. The third kappa shape index (κ3) is 4.64. The van der Waals surface area contributed by atoms with Crippen molar-refractivity contribution >= 4 is 5.97 Å². The quantitative estimate of drug-likeness (QED) is 0.796. The van der Waals surface area contributed by atoms with Crippen LogP contribution < -0.4 is 0 Å². The Balaban J connectivity index is 2.56. The predicted octanol–water partition coefficient (Wildman–Crippen LogP) is 1.66. The maximum Gasteiger partial charge on any atom is 0.303 e. The highest BCUT2D eigenvalue weighted by atomic mass is 16.4. The number of carboxylic acid groups (broad SMARTS) is 1. The van der Waals surface area contributed by atoms with Crippen LogP contribution in [-0.4, -0.2) is 59.6 Å². The smallest absolute Gasteiger partial charge is 0.303 e. The van der Waals surface area contributed by atoms with E-state index in [1.54, 1.807) is 0 Å². The molecule has 0 spiro atoms. The number of carboxylic acids is 1. The van der Waals surface area contributed by atoms with E-state index < -0.39 is 5.97 Å². The van der Waals surface area contributed by atoms with Crippen LogP contribution in [0, 0.1) is 0 Å². The third-order valence-corrected chi connectivity index (χ3v) is 3.79. The van der Waals surface area contributed by atoms with Gasteiger partial charge in [0.2, 0.25) is 0 Å². The molecule has 0 amide bonds. The highest BCUT2D eigenvalue weighted by Crippen LogP contribution is 2.17. The molecule has 1 aliphatic heterocycles. The maximum absolute atomic E-state index is 10.7. The number of rotatable bonds is 5. The lowest BCUT2D eigenvalue weighted by Crippen LogP contribution is -2.41. The average Bonchev–Trinajstić information content (AvgIpc) is 2.40. The molecule has 1 fully saturated rings. The Morgan fingerprint density at radius 2 is 2.18 bits per heavy atom. The molecule has 0 aliphatic carbocycles. The van der Waals surface area contributed by atoms with Crippen LogP contribution in [0.4, 0.5) is 0 Å². The van der Waals surface area contributed by atoms with Gasteiger partial charge in [-0.05, 0) is 46.3 Å². The van der Waals surface area contributed by atoms with Crippen LogP contribution in [-0.2, 0) is 4.79 Å². The normalized spacial score (nSPS) is 27.9. The number of likely N-dealkylation sites (N-methyl/N-ethyl adjacent to an activating group) is 1. The summed E-state index contributed by atoms with van der Waals surface area (Å²) in [6.07, 6.45) is 3.39. The Morgan fingerprint density at radius 3 is 2.76 bits per heavy atom. The van der Waals surface area contributed by atoms with Crippen LogP contribution in [0.3, 0.4) is 0 Å². The first-order valence-electron chi connectivity index (χ1n) is 6.70.